The van der Waals surface area contributed by atoms with Gasteiger partial charge in [-0.3, -0.25) is 0 Å². The number of rotatable bonds is 0. The van der Waals surface area contributed by atoms with Crippen LogP contribution in [0.25, 0.3) is 0 Å². The number of thiol groups is 1. The molecule has 2 rings (SSSR count). The zero-order chi connectivity index (χ0) is 7.84. The van der Waals surface area contributed by atoms with E-state index in [1.165, 1.54) is 6.42 Å². The van der Waals surface area contributed by atoms with Crippen molar-refractivity contribution in [3.8, 4) is 0 Å². The third kappa shape index (κ3) is 1.16. The fourth-order valence-corrected chi connectivity index (χ4v) is 2.66. The van der Waals surface area contributed by atoms with Gasteiger partial charge in [0.2, 0.25) is 0 Å². The number of hydrogen-bond donors (Lipinski definition) is 1. The van der Waals surface area contributed by atoms with E-state index >= 15 is 0 Å². The second kappa shape index (κ2) is 2.71. The van der Waals surface area contributed by atoms with Gasteiger partial charge in [-0.05, 0) is 24.2 Å². The standard InChI is InChI=1S/C10H14S/c1-7-6-8-4-2-3-5-9(8)10(7)11/h2-5,7-11H,6H2,1H3. The summed E-state index contributed by atoms with van der Waals surface area (Å²) in [5.74, 6) is 2.26. The van der Waals surface area contributed by atoms with Crippen molar-refractivity contribution in [2.45, 2.75) is 18.6 Å². The van der Waals surface area contributed by atoms with Crippen LogP contribution in [0.4, 0.5) is 0 Å². The van der Waals surface area contributed by atoms with Crippen LogP contribution in [0, 0.1) is 17.8 Å². The van der Waals surface area contributed by atoms with Gasteiger partial charge >= 0.3 is 0 Å². The van der Waals surface area contributed by atoms with Gasteiger partial charge < -0.3 is 0 Å². The predicted octanol–water partition coefficient (Wildman–Crippen LogP) is 2.68. The molecule has 0 aromatic carbocycles. The van der Waals surface area contributed by atoms with E-state index in [0.29, 0.717) is 11.2 Å². The Labute approximate surface area is 73.8 Å². The fourth-order valence-electron chi connectivity index (χ4n) is 2.22. The number of hydrogen-bond acceptors (Lipinski definition) is 1. The monoisotopic (exact) mass is 166 g/mol. The highest BCUT2D eigenvalue weighted by Crippen LogP contribution is 2.42. The Morgan fingerprint density at radius 1 is 1.27 bits per heavy atom. The third-order valence-electron chi connectivity index (χ3n) is 2.92. The summed E-state index contributed by atoms with van der Waals surface area (Å²) < 4.78 is 0. The van der Waals surface area contributed by atoms with E-state index in [2.05, 4.69) is 43.9 Å². The van der Waals surface area contributed by atoms with Crippen LogP contribution in [-0.2, 0) is 0 Å². The average Bonchev–Trinajstić information content (AvgIpc) is 2.30. The summed E-state index contributed by atoms with van der Waals surface area (Å²) in [7, 11) is 0. The van der Waals surface area contributed by atoms with E-state index < -0.39 is 0 Å². The Kier molecular flexibility index (Phi) is 1.84. The highest BCUT2D eigenvalue weighted by atomic mass is 32.1. The van der Waals surface area contributed by atoms with E-state index in [1.807, 2.05) is 0 Å². The molecule has 1 fully saturated rings. The molecule has 0 aromatic rings. The largest absolute Gasteiger partial charge is 0.175 e. The number of allylic oxidation sites excluding steroid dienone is 4. The van der Waals surface area contributed by atoms with Gasteiger partial charge in [0.25, 0.3) is 0 Å². The van der Waals surface area contributed by atoms with Crippen molar-refractivity contribution >= 4 is 12.6 Å². The van der Waals surface area contributed by atoms with Crippen molar-refractivity contribution in [3.05, 3.63) is 24.3 Å². The van der Waals surface area contributed by atoms with Gasteiger partial charge in [-0.1, -0.05) is 31.2 Å². The molecule has 0 aliphatic heterocycles. The summed E-state index contributed by atoms with van der Waals surface area (Å²) in [5, 5.41) is 0.584. The molecule has 4 atom stereocenters. The van der Waals surface area contributed by atoms with Gasteiger partial charge in [0.05, 0.1) is 0 Å². The summed E-state index contributed by atoms with van der Waals surface area (Å²) in [6, 6.07) is 0. The molecule has 0 radical (unpaired) electrons. The summed E-state index contributed by atoms with van der Waals surface area (Å²) in [5.41, 5.74) is 0. The van der Waals surface area contributed by atoms with Gasteiger partial charge in [0.1, 0.15) is 0 Å². The lowest BCUT2D eigenvalue weighted by Crippen LogP contribution is -2.14. The number of fused-ring (bicyclic) bond motifs is 1. The molecule has 0 saturated heterocycles. The quantitative estimate of drug-likeness (QED) is 0.525. The average molecular weight is 166 g/mol. The molecule has 0 aromatic heterocycles. The third-order valence-corrected chi connectivity index (χ3v) is 3.77. The first-order valence-electron chi connectivity index (χ1n) is 4.32. The van der Waals surface area contributed by atoms with Crippen molar-refractivity contribution in [1.82, 2.24) is 0 Å². The molecule has 11 heavy (non-hydrogen) atoms. The van der Waals surface area contributed by atoms with Crippen LogP contribution in [0.15, 0.2) is 24.3 Å². The van der Waals surface area contributed by atoms with Crippen molar-refractivity contribution < 1.29 is 0 Å². The zero-order valence-corrected chi connectivity index (χ0v) is 7.67. The molecule has 2 aliphatic carbocycles. The van der Waals surface area contributed by atoms with Crippen molar-refractivity contribution in [1.29, 1.82) is 0 Å². The van der Waals surface area contributed by atoms with E-state index in [4.69, 9.17) is 0 Å². The van der Waals surface area contributed by atoms with Gasteiger partial charge in [0, 0.05) is 5.25 Å². The van der Waals surface area contributed by atoms with Gasteiger partial charge in [0.15, 0.2) is 0 Å². The Bertz CT molecular complexity index is 205. The van der Waals surface area contributed by atoms with Crippen LogP contribution in [0.1, 0.15) is 13.3 Å². The molecular formula is C10H14S. The lowest BCUT2D eigenvalue weighted by molar-refractivity contribution is 0.557. The van der Waals surface area contributed by atoms with Gasteiger partial charge in [-0.2, -0.15) is 12.6 Å². The van der Waals surface area contributed by atoms with Crippen LogP contribution in [-0.4, -0.2) is 5.25 Å². The smallest absolute Gasteiger partial charge is 0.0111 e. The van der Waals surface area contributed by atoms with Crippen molar-refractivity contribution in [2.24, 2.45) is 17.8 Å². The lowest BCUT2D eigenvalue weighted by atomic mass is 9.92. The molecule has 0 bridgehead atoms. The Morgan fingerprint density at radius 2 is 2.00 bits per heavy atom. The minimum Gasteiger partial charge on any atom is -0.175 e. The Balaban J connectivity index is 2.20. The second-order valence-electron chi connectivity index (χ2n) is 3.71. The summed E-state index contributed by atoms with van der Waals surface area (Å²) in [6.45, 7) is 2.30. The highest BCUT2D eigenvalue weighted by Gasteiger charge is 2.36. The van der Waals surface area contributed by atoms with E-state index in [1.54, 1.807) is 0 Å². The predicted molar refractivity (Wildman–Crippen MR) is 51.8 cm³/mol. The maximum Gasteiger partial charge on any atom is 0.0111 e. The van der Waals surface area contributed by atoms with E-state index in [0.717, 1.165) is 11.8 Å². The summed E-state index contributed by atoms with van der Waals surface area (Å²) in [4.78, 5) is 0. The zero-order valence-electron chi connectivity index (χ0n) is 6.77. The lowest BCUT2D eigenvalue weighted by Gasteiger charge is -2.18. The molecule has 1 heteroatoms. The second-order valence-corrected chi connectivity index (χ2v) is 4.31. The van der Waals surface area contributed by atoms with Crippen LogP contribution in [0.5, 0.6) is 0 Å². The molecule has 0 heterocycles. The van der Waals surface area contributed by atoms with Crippen molar-refractivity contribution in [2.75, 3.05) is 0 Å². The van der Waals surface area contributed by atoms with E-state index in [-0.39, 0.29) is 0 Å². The molecule has 0 nitrogen and oxygen atoms in total. The van der Waals surface area contributed by atoms with Gasteiger partial charge in [-0.25, -0.2) is 0 Å². The maximum absolute atomic E-state index is 4.62. The summed E-state index contributed by atoms with van der Waals surface area (Å²) >= 11 is 4.62. The Hall–Kier alpha value is -0.170. The normalized spacial score (nSPS) is 47.8. The summed E-state index contributed by atoms with van der Waals surface area (Å²) in [6.07, 6.45) is 10.3. The molecule has 1 saturated carbocycles. The fraction of sp³-hybridized carbons (Fsp3) is 0.600. The molecule has 0 amide bonds. The molecule has 60 valence electrons. The van der Waals surface area contributed by atoms with Crippen LogP contribution in [0.3, 0.4) is 0 Å². The molecule has 0 spiro atoms. The minimum atomic E-state index is 0.584. The van der Waals surface area contributed by atoms with E-state index in [9.17, 15) is 0 Å². The van der Waals surface area contributed by atoms with Gasteiger partial charge in [-0.15, -0.1) is 0 Å². The van der Waals surface area contributed by atoms with Crippen molar-refractivity contribution in [3.63, 3.8) is 0 Å². The molecule has 4 unspecified atom stereocenters. The Morgan fingerprint density at radius 3 is 2.73 bits per heavy atom. The topological polar surface area (TPSA) is 0 Å². The molecular weight excluding hydrogens is 152 g/mol. The highest BCUT2D eigenvalue weighted by molar-refractivity contribution is 7.81. The minimum absolute atomic E-state index is 0.584. The maximum atomic E-state index is 4.62. The first-order valence-corrected chi connectivity index (χ1v) is 4.84. The molecule has 2 aliphatic rings. The first-order chi connectivity index (χ1) is 5.29. The first kappa shape index (κ1) is 7.48. The van der Waals surface area contributed by atoms with Crippen LogP contribution < -0.4 is 0 Å². The molecule has 0 N–H and O–H groups in total. The van der Waals surface area contributed by atoms with Crippen LogP contribution in [0.2, 0.25) is 0 Å². The van der Waals surface area contributed by atoms with Crippen LogP contribution >= 0.6 is 12.6 Å². The SMILES string of the molecule is CC1CC2C=CC=CC2C1S.